The summed E-state index contributed by atoms with van der Waals surface area (Å²) < 4.78 is 7.41. The van der Waals surface area contributed by atoms with Gasteiger partial charge in [-0.2, -0.15) is 0 Å². The molecular weight excluding hydrogens is 202 g/mol. The Morgan fingerprint density at radius 2 is 2.00 bits per heavy atom. The van der Waals surface area contributed by atoms with Crippen molar-refractivity contribution in [1.82, 2.24) is 15.0 Å². The average Bonchev–Trinajstić information content (AvgIpc) is 2.76. The van der Waals surface area contributed by atoms with Crippen LogP contribution >= 0.6 is 0 Å². The van der Waals surface area contributed by atoms with Crippen LogP contribution in [-0.2, 0) is 17.7 Å². The average molecular weight is 225 g/mol. The summed E-state index contributed by atoms with van der Waals surface area (Å²) in [6, 6.07) is 0. The molecule has 16 heavy (non-hydrogen) atoms. The van der Waals surface area contributed by atoms with E-state index < -0.39 is 0 Å². The zero-order chi connectivity index (χ0) is 11.6. The molecule has 0 aliphatic heterocycles. The highest BCUT2D eigenvalue weighted by Crippen LogP contribution is 1.98. The number of rotatable bonds is 9. The number of hydrogen-bond donors (Lipinski definition) is 0. The van der Waals surface area contributed by atoms with Crippen LogP contribution in [-0.4, -0.2) is 28.2 Å². The van der Waals surface area contributed by atoms with E-state index in [0.717, 1.165) is 44.7 Å². The van der Waals surface area contributed by atoms with Crippen molar-refractivity contribution in [2.45, 2.75) is 52.5 Å². The van der Waals surface area contributed by atoms with Crippen LogP contribution in [0.3, 0.4) is 0 Å². The van der Waals surface area contributed by atoms with E-state index in [2.05, 4.69) is 24.2 Å². The maximum absolute atomic E-state index is 5.49. The molecule has 0 saturated carbocycles. The number of aromatic nitrogens is 3. The van der Waals surface area contributed by atoms with Crippen molar-refractivity contribution < 1.29 is 4.74 Å². The summed E-state index contributed by atoms with van der Waals surface area (Å²) in [5, 5.41) is 8.12. The quantitative estimate of drug-likeness (QED) is 0.606. The van der Waals surface area contributed by atoms with Crippen LogP contribution in [0.15, 0.2) is 6.20 Å². The smallest absolute Gasteiger partial charge is 0.0824 e. The molecule has 1 aromatic rings. The highest BCUT2D eigenvalue weighted by Gasteiger charge is 1.97. The molecule has 0 radical (unpaired) electrons. The molecule has 1 aromatic heterocycles. The third kappa shape index (κ3) is 5.26. The molecule has 92 valence electrons. The van der Waals surface area contributed by atoms with Crippen LogP contribution < -0.4 is 0 Å². The van der Waals surface area contributed by atoms with Crippen molar-refractivity contribution in [2.24, 2.45) is 0 Å². The number of hydrogen-bond acceptors (Lipinski definition) is 3. The maximum atomic E-state index is 5.49. The van der Waals surface area contributed by atoms with Gasteiger partial charge in [-0.15, -0.1) is 5.10 Å². The van der Waals surface area contributed by atoms with Gasteiger partial charge < -0.3 is 4.74 Å². The highest BCUT2D eigenvalue weighted by molar-refractivity contribution is 4.90. The Kier molecular flexibility index (Phi) is 6.81. The number of unbranched alkanes of at least 4 members (excludes halogenated alkanes) is 2. The number of aryl methyl sites for hydroxylation is 2. The first-order valence-electron chi connectivity index (χ1n) is 6.33. The molecule has 0 N–H and O–H groups in total. The van der Waals surface area contributed by atoms with Crippen molar-refractivity contribution in [2.75, 3.05) is 13.2 Å². The van der Waals surface area contributed by atoms with Crippen molar-refractivity contribution >= 4 is 0 Å². The lowest BCUT2D eigenvalue weighted by molar-refractivity contribution is 0.126. The molecule has 0 bridgehead atoms. The fourth-order valence-corrected chi connectivity index (χ4v) is 1.44. The van der Waals surface area contributed by atoms with Gasteiger partial charge >= 0.3 is 0 Å². The molecule has 0 fully saturated rings. The van der Waals surface area contributed by atoms with E-state index in [0.29, 0.717) is 0 Å². The number of ether oxygens (including phenoxy) is 1. The zero-order valence-corrected chi connectivity index (χ0v) is 10.5. The third-order valence-corrected chi connectivity index (χ3v) is 2.52. The largest absolute Gasteiger partial charge is 0.381 e. The van der Waals surface area contributed by atoms with Crippen molar-refractivity contribution in [3.05, 3.63) is 11.9 Å². The van der Waals surface area contributed by atoms with Crippen molar-refractivity contribution in [1.29, 1.82) is 0 Å². The Balaban J connectivity index is 1.98. The van der Waals surface area contributed by atoms with Crippen LogP contribution in [0, 0.1) is 0 Å². The summed E-state index contributed by atoms with van der Waals surface area (Å²) in [5.74, 6) is 0. The molecule has 4 heteroatoms. The number of nitrogens with zero attached hydrogens (tertiary/aromatic N) is 3. The summed E-state index contributed by atoms with van der Waals surface area (Å²) >= 11 is 0. The molecular formula is C12H23N3O. The van der Waals surface area contributed by atoms with E-state index in [1.807, 2.05) is 10.9 Å². The van der Waals surface area contributed by atoms with E-state index in [-0.39, 0.29) is 0 Å². The normalized spacial score (nSPS) is 10.9. The van der Waals surface area contributed by atoms with Gasteiger partial charge in [-0.25, -0.2) is 0 Å². The van der Waals surface area contributed by atoms with E-state index >= 15 is 0 Å². The second-order valence-corrected chi connectivity index (χ2v) is 4.00. The standard InChI is InChI=1S/C12H23N3O/c1-3-5-9-16-10-7-6-8-15-11-12(4-2)13-14-15/h11H,3-10H2,1-2H3. The van der Waals surface area contributed by atoms with E-state index in [1.54, 1.807) is 0 Å². The van der Waals surface area contributed by atoms with Gasteiger partial charge in [0, 0.05) is 26.0 Å². The van der Waals surface area contributed by atoms with Crippen LogP contribution in [0.4, 0.5) is 0 Å². The van der Waals surface area contributed by atoms with Crippen LogP contribution in [0.2, 0.25) is 0 Å². The molecule has 1 rings (SSSR count). The van der Waals surface area contributed by atoms with E-state index in [9.17, 15) is 0 Å². The lowest BCUT2D eigenvalue weighted by atomic mass is 10.3. The molecule has 0 aliphatic rings. The SMILES string of the molecule is CCCCOCCCCn1cc(CC)nn1. The zero-order valence-electron chi connectivity index (χ0n) is 10.5. The van der Waals surface area contributed by atoms with E-state index in [4.69, 9.17) is 4.74 Å². The Bertz CT molecular complexity index is 273. The molecule has 0 unspecified atom stereocenters. The minimum absolute atomic E-state index is 0.870. The van der Waals surface area contributed by atoms with Crippen LogP contribution in [0.1, 0.15) is 45.2 Å². The first-order valence-corrected chi connectivity index (χ1v) is 6.33. The lowest BCUT2D eigenvalue weighted by Gasteiger charge is -2.03. The van der Waals surface area contributed by atoms with Gasteiger partial charge in [-0.05, 0) is 25.7 Å². The highest BCUT2D eigenvalue weighted by atomic mass is 16.5. The summed E-state index contributed by atoms with van der Waals surface area (Å²) in [7, 11) is 0. The van der Waals surface area contributed by atoms with Gasteiger partial charge in [-0.1, -0.05) is 25.5 Å². The molecule has 0 aliphatic carbocycles. The minimum atomic E-state index is 0.870. The van der Waals surface area contributed by atoms with Crippen molar-refractivity contribution in [3.8, 4) is 0 Å². The summed E-state index contributed by atoms with van der Waals surface area (Å²) in [4.78, 5) is 0. The van der Waals surface area contributed by atoms with Gasteiger partial charge in [-0.3, -0.25) is 4.68 Å². The molecule has 0 amide bonds. The topological polar surface area (TPSA) is 39.9 Å². The molecule has 0 atom stereocenters. The Morgan fingerprint density at radius 1 is 1.19 bits per heavy atom. The summed E-state index contributed by atoms with van der Waals surface area (Å²) in [5.41, 5.74) is 1.07. The Hall–Kier alpha value is -0.900. The lowest BCUT2D eigenvalue weighted by Crippen LogP contribution is -2.02. The third-order valence-electron chi connectivity index (χ3n) is 2.52. The fourth-order valence-electron chi connectivity index (χ4n) is 1.44. The minimum Gasteiger partial charge on any atom is -0.381 e. The maximum Gasteiger partial charge on any atom is 0.0824 e. The van der Waals surface area contributed by atoms with Crippen LogP contribution in [0.25, 0.3) is 0 Å². The first kappa shape index (κ1) is 13.2. The van der Waals surface area contributed by atoms with Crippen molar-refractivity contribution in [3.63, 3.8) is 0 Å². The predicted octanol–water partition coefficient (Wildman–Crippen LogP) is 2.44. The predicted molar refractivity (Wildman–Crippen MR) is 64.4 cm³/mol. The van der Waals surface area contributed by atoms with Gasteiger partial charge in [0.25, 0.3) is 0 Å². The van der Waals surface area contributed by atoms with Gasteiger partial charge in [0.05, 0.1) is 5.69 Å². The first-order chi connectivity index (χ1) is 7.86. The Morgan fingerprint density at radius 3 is 2.69 bits per heavy atom. The summed E-state index contributed by atoms with van der Waals surface area (Å²) in [6.45, 7) is 6.99. The van der Waals surface area contributed by atoms with Gasteiger partial charge in [0.2, 0.25) is 0 Å². The van der Waals surface area contributed by atoms with Gasteiger partial charge in [0.15, 0.2) is 0 Å². The van der Waals surface area contributed by atoms with Gasteiger partial charge in [0.1, 0.15) is 0 Å². The molecule has 0 aromatic carbocycles. The fraction of sp³-hybridized carbons (Fsp3) is 0.833. The monoisotopic (exact) mass is 225 g/mol. The summed E-state index contributed by atoms with van der Waals surface area (Å²) in [6.07, 6.45) is 7.57. The second-order valence-electron chi connectivity index (χ2n) is 4.00. The molecule has 4 nitrogen and oxygen atoms in total. The molecule has 1 heterocycles. The molecule has 0 spiro atoms. The molecule has 0 saturated heterocycles. The van der Waals surface area contributed by atoms with Crippen LogP contribution in [0.5, 0.6) is 0 Å². The van der Waals surface area contributed by atoms with E-state index in [1.165, 1.54) is 12.8 Å². The second kappa shape index (κ2) is 8.28. The Labute approximate surface area is 98.0 Å².